The van der Waals surface area contributed by atoms with Crippen molar-refractivity contribution in [3.63, 3.8) is 0 Å². The van der Waals surface area contributed by atoms with E-state index < -0.39 is 22.7 Å². The van der Waals surface area contributed by atoms with Gasteiger partial charge < -0.3 is 18.2 Å². The Hall–Kier alpha value is 1.28. The summed E-state index contributed by atoms with van der Waals surface area (Å²) in [5.41, 5.74) is 0. The summed E-state index contributed by atoms with van der Waals surface area (Å²) in [6.07, 6.45) is 0. The quantitative estimate of drug-likeness (QED) is 0.374. The molecule has 0 N–H and O–H groups in total. The van der Waals surface area contributed by atoms with Crippen LogP contribution in [0.5, 0.6) is 0 Å². The van der Waals surface area contributed by atoms with Gasteiger partial charge in [0.15, 0.2) is 0 Å². The van der Waals surface area contributed by atoms with Crippen molar-refractivity contribution in [2.45, 2.75) is 0 Å². The van der Waals surface area contributed by atoms with Gasteiger partial charge >= 0.3 is 36.5 Å². The summed E-state index contributed by atoms with van der Waals surface area (Å²) >= 11 is -6.22. The van der Waals surface area contributed by atoms with Gasteiger partial charge in [0.05, 0.1) is 0 Å². The third kappa shape index (κ3) is 387. The van der Waals surface area contributed by atoms with Gasteiger partial charge in [-0.15, -0.1) is 22.7 Å². The maximum Gasteiger partial charge on any atom is 2.00 e. The molecule has 0 aliphatic heterocycles. The summed E-state index contributed by atoms with van der Waals surface area (Å²) in [7, 11) is 0. The molecule has 0 aliphatic rings. The first-order valence-corrected chi connectivity index (χ1v) is 3.00. The third-order valence-corrected chi connectivity index (χ3v) is 0. The molecule has 10 heteroatoms. The fourth-order valence-corrected chi connectivity index (χ4v) is 0. The van der Waals surface area contributed by atoms with Crippen molar-refractivity contribution >= 4 is 22.7 Å². The summed E-state index contributed by atoms with van der Waals surface area (Å²) in [6.45, 7) is 0. The predicted octanol–water partition coefficient (Wildman–Crippen LogP) is -2.01. The molecule has 61 valence electrons. The molecule has 0 atom stereocenters. The van der Waals surface area contributed by atoms with Gasteiger partial charge in [-0.05, 0) is 0 Å². The molecule has 0 aromatic carbocycles. The van der Waals surface area contributed by atoms with E-state index in [1.165, 1.54) is 0 Å². The van der Waals surface area contributed by atoms with Gasteiger partial charge in [-0.1, -0.05) is 0 Å². The van der Waals surface area contributed by atoms with Crippen molar-refractivity contribution in [2.75, 3.05) is 0 Å². The molecule has 10 heavy (non-hydrogen) atoms. The number of rotatable bonds is 0. The van der Waals surface area contributed by atoms with Crippen LogP contribution >= 0.6 is 0 Å². The van der Waals surface area contributed by atoms with Crippen LogP contribution in [0.15, 0.2) is 0 Å². The van der Waals surface area contributed by atoms with E-state index in [0.717, 1.165) is 0 Å². The average Bonchev–Trinajstić information content (AvgIpc) is 1.25. The molecule has 0 unspecified atom stereocenters. The van der Waals surface area contributed by atoms with E-state index in [1.807, 2.05) is 0 Å². The minimum Gasteiger partial charge on any atom is -0.784 e. The molecular weight excluding hydrogens is 289 g/mol. The fraction of sp³-hybridized carbons (Fsp3) is 0. The summed E-state index contributed by atoms with van der Waals surface area (Å²) in [4.78, 5) is 0. The molecule has 0 amide bonds. The van der Waals surface area contributed by atoms with Crippen LogP contribution in [-0.2, 0) is 59.3 Å². The van der Waals surface area contributed by atoms with E-state index in [2.05, 4.69) is 0 Å². The zero-order valence-electron chi connectivity index (χ0n) is 4.27. The zero-order valence-corrected chi connectivity index (χ0v) is 9.82. The Balaban J connectivity index is -0.0000000300. The molecule has 0 bridgehead atoms. The van der Waals surface area contributed by atoms with Crippen molar-refractivity contribution in [3.8, 4) is 0 Å². The first-order chi connectivity index (χ1) is 3.46. The Labute approximate surface area is 85.6 Å². The molecular formula is CuO6S2Zn. The Morgan fingerprint density at radius 3 is 0.800 bits per heavy atom. The van der Waals surface area contributed by atoms with Gasteiger partial charge in [-0.2, -0.15) is 0 Å². The normalized spacial score (nSPS) is 7.00. The second-order valence-electron chi connectivity index (χ2n) is 0.408. The first kappa shape index (κ1) is 22.5. The van der Waals surface area contributed by atoms with Crippen molar-refractivity contribution in [2.24, 2.45) is 0 Å². The minimum atomic E-state index is -3.11. The molecule has 0 spiro atoms. The summed E-state index contributed by atoms with van der Waals surface area (Å²) < 4.78 is 50.7. The topological polar surface area (TPSA) is 126 Å². The van der Waals surface area contributed by atoms with Gasteiger partial charge in [0.1, 0.15) is 0 Å². The molecule has 0 aromatic heterocycles. The maximum absolute atomic E-state index is 8.44. The Morgan fingerprint density at radius 1 is 0.800 bits per heavy atom. The van der Waals surface area contributed by atoms with Crippen molar-refractivity contribution in [1.82, 2.24) is 0 Å². The summed E-state index contributed by atoms with van der Waals surface area (Å²) in [5, 5.41) is 0. The molecule has 0 fully saturated rings. The van der Waals surface area contributed by atoms with Crippen LogP contribution in [0.1, 0.15) is 0 Å². The van der Waals surface area contributed by atoms with Crippen molar-refractivity contribution in [1.29, 1.82) is 0 Å². The van der Waals surface area contributed by atoms with Crippen LogP contribution in [0.4, 0.5) is 0 Å². The molecule has 0 rings (SSSR count). The number of hydrogen-bond donors (Lipinski definition) is 0. The Kier molecular flexibility index (Phi) is 37.6. The number of hydrogen-bond acceptors (Lipinski definition) is 6. The molecule has 0 aromatic rings. The Morgan fingerprint density at radius 2 is 0.800 bits per heavy atom. The minimum absolute atomic E-state index is 0. The second-order valence-corrected chi connectivity index (χ2v) is 1.22. The van der Waals surface area contributed by atoms with Crippen molar-refractivity contribution in [3.05, 3.63) is 0 Å². The van der Waals surface area contributed by atoms with Gasteiger partial charge in [0.2, 0.25) is 0 Å². The van der Waals surface area contributed by atoms with E-state index in [4.69, 9.17) is 26.6 Å². The standard InChI is InChI=1S/Cu.2H2O3S.Zn/c;2*1-4(2)3;/h;2*(H2,1,2,3);/q+2;;;+2/p-4. The summed E-state index contributed by atoms with van der Waals surface area (Å²) in [6, 6.07) is 0. The average molecular weight is 289 g/mol. The van der Waals surface area contributed by atoms with Gasteiger partial charge in [0, 0.05) is 0 Å². The van der Waals surface area contributed by atoms with Crippen LogP contribution in [0, 0.1) is 0 Å². The fourth-order valence-electron chi connectivity index (χ4n) is 0. The van der Waals surface area contributed by atoms with Crippen LogP contribution in [0.25, 0.3) is 0 Å². The van der Waals surface area contributed by atoms with Gasteiger partial charge in [-0.25, -0.2) is 0 Å². The van der Waals surface area contributed by atoms with E-state index in [1.54, 1.807) is 0 Å². The van der Waals surface area contributed by atoms with Crippen LogP contribution in [-0.4, -0.2) is 26.6 Å². The second kappa shape index (κ2) is 16.7. The van der Waals surface area contributed by atoms with Crippen LogP contribution < -0.4 is 0 Å². The van der Waals surface area contributed by atoms with E-state index in [9.17, 15) is 0 Å². The summed E-state index contributed by atoms with van der Waals surface area (Å²) in [5.74, 6) is 0. The van der Waals surface area contributed by atoms with E-state index >= 15 is 0 Å². The molecule has 0 heterocycles. The largest absolute Gasteiger partial charge is 2.00 e. The first-order valence-electron chi connectivity index (χ1n) is 1.00. The van der Waals surface area contributed by atoms with Crippen LogP contribution in [0.3, 0.4) is 0 Å². The van der Waals surface area contributed by atoms with E-state index in [-0.39, 0.29) is 36.5 Å². The molecule has 6 nitrogen and oxygen atoms in total. The SMILES string of the molecule is O=S([O-])[O-].O=S([O-])[O-].[Cu+2].[Zn+2]. The molecule has 0 aliphatic carbocycles. The van der Waals surface area contributed by atoms with Gasteiger partial charge in [0.25, 0.3) is 0 Å². The smallest absolute Gasteiger partial charge is 0.784 e. The maximum atomic E-state index is 8.44. The molecule has 0 saturated carbocycles. The van der Waals surface area contributed by atoms with Crippen LogP contribution in [0.2, 0.25) is 0 Å². The molecule has 1 radical (unpaired) electrons. The monoisotopic (exact) mass is 287 g/mol. The molecule has 0 saturated heterocycles. The van der Waals surface area contributed by atoms with Crippen molar-refractivity contribution < 1.29 is 63.2 Å². The predicted molar refractivity (Wildman–Crippen MR) is 19.4 cm³/mol. The third-order valence-electron chi connectivity index (χ3n) is 0. The Bertz CT molecular complexity index is 73.7. The zero-order chi connectivity index (χ0) is 7.15. The van der Waals surface area contributed by atoms with E-state index in [0.29, 0.717) is 0 Å². The van der Waals surface area contributed by atoms with Gasteiger partial charge in [-0.3, -0.25) is 8.42 Å².